The number of quaternary nitrogens is 1. The van der Waals surface area contributed by atoms with Crippen molar-refractivity contribution in [3.63, 3.8) is 0 Å². The van der Waals surface area contributed by atoms with E-state index in [-0.39, 0.29) is 12.1 Å². The van der Waals surface area contributed by atoms with E-state index in [2.05, 4.69) is 30.2 Å². The van der Waals surface area contributed by atoms with Gasteiger partial charge in [0.05, 0.1) is 38.9 Å². The average molecular weight is 509 g/mol. The number of ether oxygens (including phenoxy) is 3. The molecule has 0 radical (unpaired) electrons. The van der Waals surface area contributed by atoms with E-state index < -0.39 is 12.0 Å². The average Bonchev–Trinajstić information content (AvgIpc) is 2.91. The number of nitrogens with zero attached hydrogens (tertiary/aromatic N) is 2. The maximum absolute atomic E-state index is 13.7. The number of esters is 2. The Morgan fingerprint density at radius 3 is 2.62 bits per heavy atom. The van der Waals surface area contributed by atoms with Crippen LogP contribution >= 0.6 is 0 Å². The number of allylic oxidation sites excluding steroid dienone is 1. The van der Waals surface area contributed by atoms with Crippen molar-refractivity contribution in [3.8, 4) is 5.88 Å². The Labute approximate surface area is 219 Å². The van der Waals surface area contributed by atoms with Gasteiger partial charge in [0.1, 0.15) is 6.54 Å². The highest BCUT2D eigenvalue weighted by atomic mass is 16.5. The van der Waals surface area contributed by atoms with Crippen LogP contribution in [0.25, 0.3) is 0 Å². The molecule has 2 aromatic rings. The second-order valence-electron chi connectivity index (χ2n) is 10.3. The first-order valence-corrected chi connectivity index (χ1v) is 13.0. The SMILES string of the molecule is CCOC(=O)c1cccc(NC(C(=O)O[C@H]2C[N+]3(CC=C(C)C)CCC2CC3)c2ccc(OC)nc2)c1. The number of methoxy groups -OCH3 is 1. The van der Waals surface area contributed by atoms with Gasteiger partial charge in [-0.25, -0.2) is 14.6 Å². The molecule has 2 atom stereocenters. The summed E-state index contributed by atoms with van der Waals surface area (Å²) in [4.78, 5) is 30.2. The molecule has 2 bridgehead atoms. The van der Waals surface area contributed by atoms with E-state index >= 15 is 0 Å². The number of rotatable bonds is 10. The molecule has 198 valence electrons. The van der Waals surface area contributed by atoms with E-state index in [1.54, 1.807) is 50.6 Å². The number of anilines is 1. The number of carbonyl (C=O) groups is 2. The summed E-state index contributed by atoms with van der Waals surface area (Å²) in [5.41, 5.74) is 3.00. The highest BCUT2D eigenvalue weighted by molar-refractivity contribution is 5.91. The Kier molecular flexibility index (Phi) is 8.48. The Bertz CT molecular complexity index is 1120. The zero-order chi connectivity index (χ0) is 26.4. The van der Waals surface area contributed by atoms with Gasteiger partial charge < -0.3 is 24.0 Å². The van der Waals surface area contributed by atoms with Crippen molar-refractivity contribution in [2.75, 3.05) is 45.2 Å². The molecular weight excluding hydrogens is 470 g/mol. The van der Waals surface area contributed by atoms with Crippen LogP contribution in [-0.4, -0.2) is 67.4 Å². The monoisotopic (exact) mass is 508 g/mol. The van der Waals surface area contributed by atoms with Crippen LogP contribution in [0, 0.1) is 5.92 Å². The lowest BCUT2D eigenvalue weighted by molar-refractivity contribution is -0.941. The van der Waals surface area contributed by atoms with Gasteiger partial charge in [-0.05, 0) is 51.1 Å². The summed E-state index contributed by atoms with van der Waals surface area (Å²) in [6.45, 7) is 10.4. The minimum Gasteiger partial charge on any atom is -0.481 e. The van der Waals surface area contributed by atoms with Crippen molar-refractivity contribution < 1.29 is 28.3 Å². The van der Waals surface area contributed by atoms with Crippen molar-refractivity contribution >= 4 is 17.6 Å². The van der Waals surface area contributed by atoms with E-state index in [1.165, 1.54) is 5.57 Å². The first kappa shape index (κ1) is 26.7. The summed E-state index contributed by atoms with van der Waals surface area (Å²) in [5, 5.41) is 3.28. The van der Waals surface area contributed by atoms with E-state index in [1.807, 2.05) is 6.07 Å². The molecule has 0 spiro atoms. The van der Waals surface area contributed by atoms with Crippen molar-refractivity contribution in [2.24, 2.45) is 5.92 Å². The van der Waals surface area contributed by atoms with Gasteiger partial charge in [-0.15, -0.1) is 0 Å². The highest BCUT2D eigenvalue weighted by Crippen LogP contribution is 2.36. The number of pyridine rings is 1. The Hall–Kier alpha value is -3.39. The quantitative estimate of drug-likeness (QED) is 0.286. The van der Waals surface area contributed by atoms with Crippen molar-refractivity contribution in [3.05, 3.63) is 65.4 Å². The molecule has 0 aliphatic carbocycles. The van der Waals surface area contributed by atoms with Crippen molar-refractivity contribution in [2.45, 2.75) is 45.8 Å². The first-order valence-electron chi connectivity index (χ1n) is 13.0. The third-order valence-electron chi connectivity index (χ3n) is 7.42. The predicted molar refractivity (Wildman–Crippen MR) is 141 cm³/mol. The molecule has 1 N–H and O–H groups in total. The molecule has 0 saturated carbocycles. The Morgan fingerprint density at radius 2 is 1.97 bits per heavy atom. The number of hydrogen-bond donors (Lipinski definition) is 1. The maximum atomic E-state index is 13.7. The lowest BCUT2D eigenvalue weighted by Crippen LogP contribution is -2.64. The highest BCUT2D eigenvalue weighted by Gasteiger charge is 2.47. The van der Waals surface area contributed by atoms with Crippen LogP contribution in [0.15, 0.2) is 54.2 Å². The second-order valence-corrected chi connectivity index (χ2v) is 10.3. The summed E-state index contributed by atoms with van der Waals surface area (Å²) in [6.07, 6.45) is 5.93. The predicted octanol–water partition coefficient (Wildman–Crippen LogP) is 4.54. The zero-order valence-corrected chi connectivity index (χ0v) is 22.2. The smallest absolute Gasteiger partial charge is 0.338 e. The molecule has 1 unspecified atom stereocenters. The van der Waals surface area contributed by atoms with Gasteiger partial charge in [0.25, 0.3) is 0 Å². The van der Waals surface area contributed by atoms with E-state index in [0.29, 0.717) is 35.2 Å². The largest absolute Gasteiger partial charge is 0.481 e. The fraction of sp³-hybridized carbons (Fsp3) is 0.483. The molecule has 37 heavy (non-hydrogen) atoms. The van der Waals surface area contributed by atoms with Crippen LogP contribution in [-0.2, 0) is 14.3 Å². The molecule has 8 heteroatoms. The molecule has 0 amide bonds. The minimum absolute atomic E-state index is 0.123. The third-order valence-corrected chi connectivity index (χ3v) is 7.42. The number of fused-ring (bicyclic) bond motifs is 3. The van der Waals surface area contributed by atoms with Crippen LogP contribution in [0.3, 0.4) is 0 Å². The molecule has 1 aromatic carbocycles. The molecule has 3 aliphatic heterocycles. The van der Waals surface area contributed by atoms with Gasteiger partial charge in [0.2, 0.25) is 5.88 Å². The molecule has 1 aromatic heterocycles. The number of hydrogen-bond acceptors (Lipinski definition) is 7. The van der Waals surface area contributed by atoms with Gasteiger partial charge >= 0.3 is 11.9 Å². The lowest BCUT2D eigenvalue weighted by atomic mass is 9.83. The molecular formula is C29H38N3O5+. The van der Waals surface area contributed by atoms with Crippen molar-refractivity contribution in [1.29, 1.82) is 0 Å². The zero-order valence-electron chi connectivity index (χ0n) is 22.2. The fourth-order valence-electron chi connectivity index (χ4n) is 5.28. The molecule has 8 nitrogen and oxygen atoms in total. The molecule has 3 fully saturated rings. The number of benzene rings is 1. The maximum Gasteiger partial charge on any atom is 0.338 e. The number of aromatic nitrogens is 1. The van der Waals surface area contributed by atoms with Crippen LogP contribution in [0.4, 0.5) is 5.69 Å². The summed E-state index contributed by atoms with van der Waals surface area (Å²) in [5.74, 6) is 0.0855. The fourth-order valence-corrected chi connectivity index (χ4v) is 5.28. The molecule has 3 saturated heterocycles. The normalized spacial score (nSPS) is 23.0. The molecule has 3 aliphatic rings. The summed E-state index contributed by atoms with van der Waals surface area (Å²) >= 11 is 0. The summed E-state index contributed by atoms with van der Waals surface area (Å²) in [7, 11) is 1.55. The number of piperidine rings is 3. The first-order chi connectivity index (χ1) is 17.8. The summed E-state index contributed by atoms with van der Waals surface area (Å²) < 4.78 is 17.5. The van der Waals surface area contributed by atoms with Crippen molar-refractivity contribution in [1.82, 2.24) is 4.98 Å². The number of nitrogens with one attached hydrogen (secondary N) is 1. The van der Waals surface area contributed by atoms with Gasteiger partial charge in [-0.2, -0.15) is 0 Å². The second kappa shape index (κ2) is 11.8. The Balaban J connectivity index is 1.55. The summed E-state index contributed by atoms with van der Waals surface area (Å²) in [6, 6.07) is 9.68. The van der Waals surface area contributed by atoms with Gasteiger partial charge in [-0.1, -0.05) is 11.6 Å². The van der Waals surface area contributed by atoms with E-state index in [9.17, 15) is 9.59 Å². The van der Waals surface area contributed by atoms with Gasteiger partial charge in [-0.3, -0.25) is 0 Å². The van der Waals surface area contributed by atoms with Crippen LogP contribution in [0.2, 0.25) is 0 Å². The molecule has 4 heterocycles. The van der Waals surface area contributed by atoms with E-state index in [0.717, 1.165) is 43.5 Å². The standard InChI is InChI=1S/C29H38N3O5/c1-5-36-28(33)22-7-6-8-24(17-22)31-27(23-9-10-26(35-4)30-18-23)29(34)37-25-19-32(14-11-20(2)3)15-12-21(25)13-16-32/h6-11,17-18,21,25,27,31H,5,12-16,19H2,1-4H3/q+1/t21?,25-,27?,32?/m0/s1. The van der Waals surface area contributed by atoms with Gasteiger partial charge in [0, 0.05) is 42.3 Å². The Morgan fingerprint density at radius 1 is 1.19 bits per heavy atom. The number of carbonyl (C=O) groups excluding carboxylic acids is 2. The minimum atomic E-state index is -0.794. The van der Waals surface area contributed by atoms with Crippen LogP contribution < -0.4 is 10.1 Å². The van der Waals surface area contributed by atoms with Crippen LogP contribution in [0.5, 0.6) is 5.88 Å². The van der Waals surface area contributed by atoms with Crippen LogP contribution in [0.1, 0.15) is 55.6 Å². The van der Waals surface area contributed by atoms with E-state index in [4.69, 9.17) is 14.2 Å². The lowest BCUT2D eigenvalue weighted by Gasteiger charge is -2.51. The van der Waals surface area contributed by atoms with Gasteiger partial charge in [0.15, 0.2) is 12.1 Å². The molecule has 5 rings (SSSR count). The topological polar surface area (TPSA) is 86.8 Å². The third kappa shape index (κ3) is 6.49.